The number of hydrogen-bond acceptors (Lipinski definition) is 3. The Morgan fingerprint density at radius 3 is 2.93 bits per heavy atom. The molecule has 0 bridgehead atoms. The van der Waals surface area contributed by atoms with Gasteiger partial charge in [0.05, 0.1) is 11.3 Å². The van der Waals surface area contributed by atoms with Gasteiger partial charge in [0.25, 0.3) is 0 Å². The highest BCUT2D eigenvalue weighted by molar-refractivity contribution is 9.10. The number of anilines is 1. The molecular weight excluding hydrogens is 256 g/mol. The molecule has 0 amide bonds. The lowest BCUT2D eigenvalue weighted by Gasteiger charge is -2.15. The van der Waals surface area contributed by atoms with E-state index in [9.17, 15) is 0 Å². The average molecular weight is 269 g/mol. The van der Waals surface area contributed by atoms with Gasteiger partial charge in [-0.25, -0.2) is 0 Å². The Balaban J connectivity index is 2.83. The summed E-state index contributed by atoms with van der Waals surface area (Å²) in [6.45, 7) is 2.11. The minimum Gasteiger partial charge on any atom is -0.396 e. The zero-order valence-electron chi connectivity index (χ0n) is 8.50. The molecule has 3 nitrogen and oxygen atoms in total. The van der Waals surface area contributed by atoms with Crippen LogP contribution in [0.4, 0.5) is 5.69 Å². The van der Waals surface area contributed by atoms with Crippen LogP contribution in [-0.4, -0.2) is 17.8 Å². The van der Waals surface area contributed by atoms with Crippen molar-refractivity contribution >= 4 is 21.6 Å². The molecular formula is C11H13BrN2O. The van der Waals surface area contributed by atoms with Gasteiger partial charge in [-0.1, -0.05) is 15.9 Å². The van der Waals surface area contributed by atoms with E-state index >= 15 is 0 Å². The molecule has 0 radical (unpaired) electrons. The number of nitrogens with one attached hydrogen (secondary N) is 1. The van der Waals surface area contributed by atoms with E-state index < -0.39 is 0 Å². The number of rotatable bonds is 4. The van der Waals surface area contributed by atoms with Gasteiger partial charge < -0.3 is 10.4 Å². The van der Waals surface area contributed by atoms with Gasteiger partial charge in [0.2, 0.25) is 0 Å². The molecule has 0 heterocycles. The molecule has 0 saturated heterocycles. The smallest absolute Gasteiger partial charge is 0.101 e. The van der Waals surface area contributed by atoms with Crippen molar-refractivity contribution in [1.29, 1.82) is 5.26 Å². The average Bonchev–Trinajstić information content (AvgIpc) is 2.18. The molecule has 1 rings (SSSR count). The fourth-order valence-electron chi connectivity index (χ4n) is 1.26. The van der Waals surface area contributed by atoms with Gasteiger partial charge in [-0.3, -0.25) is 0 Å². The standard InChI is InChI=1S/C11H13BrN2O/c1-8(4-5-15)14-11-6-10(12)3-2-9(11)7-13/h2-3,6,8,14-15H,4-5H2,1H3. The fraction of sp³-hybridized carbons (Fsp3) is 0.364. The number of halogens is 1. The van der Waals surface area contributed by atoms with Crippen LogP contribution in [0.3, 0.4) is 0 Å². The van der Waals surface area contributed by atoms with Gasteiger partial charge in [0.15, 0.2) is 0 Å². The maximum Gasteiger partial charge on any atom is 0.101 e. The van der Waals surface area contributed by atoms with Crippen molar-refractivity contribution in [2.75, 3.05) is 11.9 Å². The number of aliphatic hydroxyl groups excluding tert-OH is 1. The topological polar surface area (TPSA) is 56.0 Å². The monoisotopic (exact) mass is 268 g/mol. The van der Waals surface area contributed by atoms with Crippen LogP contribution >= 0.6 is 15.9 Å². The van der Waals surface area contributed by atoms with Crippen molar-refractivity contribution in [2.24, 2.45) is 0 Å². The predicted octanol–water partition coefficient (Wildman–Crippen LogP) is 2.50. The maximum absolute atomic E-state index is 8.90. The molecule has 0 aliphatic carbocycles. The van der Waals surface area contributed by atoms with E-state index in [1.54, 1.807) is 6.07 Å². The molecule has 1 aromatic carbocycles. The van der Waals surface area contributed by atoms with Gasteiger partial charge in [-0.05, 0) is 31.5 Å². The molecule has 1 unspecified atom stereocenters. The molecule has 2 N–H and O–H groups in total. The number of aliphatic hydroxyl groups is 1. The molecule has 1 atom stereocenters. The number of nitriles is 1. The summed E-state index contributed by atoms with van der Waals surface area (Å²) in [4.78, 5) is 0. The molecule has 4 heteroatoms. The summed E-state index contributed by atoms with van der Waals surface area (Å²) >= 11 is 3.36. The Labute approximate surface area is 97.9 Å². The predicted molar refractivity (Wildman–Crippen MR) is 63.6 cm³/mol. The summed E-state index contributed by atoms with van der Waals surface area (Å²) in [6, 6.07) is 7.74. The Morgan fingerprint density at radius 1 is 1.60 bits per heavy atom. The summed E-state index contributed by atoms with van der Waals surface area (Å²) in [5.74, 6) is 0. The van der Waals surface area contributed by atoms with Crippen LogP contribution in [0, 0.1) is 11.3 Å². The normalized spacial score (nSPS) is 11.9. The van der Waals surface area contributed by atoms with E-state index in [4.69, 9.17) is 10.4 Å². The molecule has 80 valence electrons. The van der Waals surface area contributed by atoms with Crippen LogP contribution in [0.15, 0.2) is 22.7 Å². The van der Waals surface area contributed by atoms with Crippen LogP contribution in [0.2, 0.25) is 0 Å². The minimum atomic E-state index is 0.143. The molecule has 0 aliphatic rings. The van der Waals surface area contributed by atoms with E-state index in [-0.39, 0.29) is 12.6 Å². The highest BCUT2D eigenvalue weighted by Crippen LogP contribution is 2.21. The second-order valence-corrected chi connectivity index (χ2v) is 4.28. The number of hydrogen-bond donors (Lipinski definition) is 2. The molecule has 15 heavy (non-hydrogen) atoms. The Hall–Kier alpha value is -1.05. The lowest BCUT2D eigenvalue weighted by molar-refractivity contribution is 0.282. The van der Waals surface area contributed by atoms with Gasteiger partial charge in [-0.15, -0.1) is 0 Å². The lowest BCUT2D eigenvalue weighted by atomic mass is 10.1. The summed E-state index contributed by atoms with van der Waals surface area (Å²) < 4.78 is 0.931. The second-order valence-electron chi connectivity index (χ2n) is 3.36. The highest BCUT2D eigenvalue weighted by atomic mass is 79.9. The minimum absolute atomic E-state index is 0.143. The zero-order chi connectivity index (χ0) is 11.3. The van der Waals surface area contributed by atoms with E-state index in [0.29, 0.717) is 12.0 Å². The van der Waals surface area contributed by atoms with Crippen LogP contribution in [-0.2, 0) is 0 Å². The Kier molecular flexibility index (Phi) is 4.60. The zero-order valence-corrected chi connectivity index (χ0v) is 10.1. The van der Waals surface area contributed by atoms with E-state index in [2.05, 4.69) is 27.3 Å². The molecule has 0 spiro atoms. The van der Waals surface area contributed by atoms with E-state index in [1.807, 2.05) is 19.1 Å². The number of benzene rings is 1. The fourth-order valence-corrected chi connectivity index (χ4v) is 1.63. The van der Waals surface area contributed by atoms with Crippen LogP contribution in [0.25, 0.3) is 0 Å². The summed E-state index contributed by atoms with van der Waals surface area (Å²) in [7, 11) is 0. The Bertz CT molecular complexity index is 373. The third kappa shape index (κ3) is 3.54. The molecule has 1 aromatic rings. The van der Waals surface area contributed by atoms with Crippen LogP contribution < -0.4 is 5.32 Å². The Morgan fingerprint density at radius 2 is 2.33 bits per heavy atom. The quantitative estimate of drug-likeness (QED) is 0.883. The lowest BCUT2D eigenvalue weighted by Crippen LogP contribution is -2.17. The van der Waals surface area contributed by atoms with Crippen molar-refractivity contribution in [3.63, 3.8) is 0 Å². The third-order valence-electron chi connectivity index (χ3n) is 2.07. The van der Waals surface area contributed by atoms with Gasteiger partial charge >= 0.3 is 0 Å². The molecule has 0 aromatic heterocycles. The van der Waals surface area contributed by atoms with Crippen molar-refractivity contribution < 1.29 is 5.11 Å². The maximum atomic E-state index is 8.90. The van der Waals surface area contributed by atoms with Gasteiger partial charge in [0, 0.05) is 17.1 Å². The molecule has 0 saturated carbocycles. The van der Waals surface area contributed by atoms with Crippen LogP contribution in [0.1, 0.15) is 18.9 Å². The largest absolute Gasteiger partial charge is 0.396 e. The second kappa shape index (κ2) is 5.74. The highest BCUT2D eigenvalue weighted by Gasteiger charge is 2.06. The summed E-state index contributed by atoms with van der Waals surface area (Å²) in [5.41, 5.74) is 1.41. The van der Waals surface area contributed by atoms with Crippen LogP contribution in [0.5, 0.6) is 0 Å². The third-order valence-corrected chi connectivity index (χ3v) is 2.56. The van der Waals surface area contributed by atoms with Gasteiger partial charge in [-0.2, -0.15) is 5.26 Å². The first kappa shape index (κ1) is 12.0. The van der Waals surface area contributed by atoms with Gasteiger partial charge in [0.1, 0.15) is 6.07 Å². The first-order chi connectivity index (χ1) is 7.17. The van der Waals surface area contributed by atoms with Crippen molar-refractivity contribution in [1.82, 2.24) is 0 Å². The van der Waals surface area contributed by atoms with Crippen molar-refractivity contribution in [2.45, 2.75) is 19.4 Å². The first-order valence-electron chi connectivity index (χ1n) is 4.74. The van der Waals surface area contributed by atoms with E-state index in [1.165, 1.54) is 0 Å². The molecule has 0 aliphatic heterocycles. The first-order valence-corrected chi connectivity index (χ1v) is 5.53. The van der Waals surface area contributed by atoms with E-state index in [0.717, 1.165) is 10.2 Å². The van der Waals surface area contributed by atoms with Crippen molar-refractivity contribution in [3.05, 3.63) is 28.2 Å². The SMILES string of the molecule is CC(CCO)Nc1cc(Br)ccc1C#N. The number of nitrogens with zero attached hydrogens (tertiary/aromatic N) is 1. The van der Waals surface area contributed by atoms with Crippen molar-refractivity contribution in [3.8, 4) is 6.07 Å². The molecule has 0 fully saturated rings. The summed E-state index contributed by atoms with van der Waals surface area (Å²) in [6.07, 6.45) is 0.664. The summed E-state index contributed by atoms with van der Waals surface area (Å²) in [5, 5.41) is 20.9.